The van der Waals surface area contributed by atoms with E-state index in [0.29, 0.717) is 53.9 Å². The third-order valence-electron chi connectivity index (χ3n) is 9.12. The van der Waals surface area contributed by atoms with Gasteiger partial charge in [0.1, 0.15) is 22.4 Å². The zero-order chi connectivity index (χ0) is 32.6. The van der Waals surface area contributed by atoms with Crippen molar-refractivity contribution in [3.8, 4) is 6.07 Å². The van der Waals surface area contributed by atoms with Crippen LogP contribution in [0.15, 0.2) is 24.3 Å². The molecule has 3 aromatic heterocycles. The third-order valence-corrected chi connectivity index (χ3v) is 10.2. The van der Waals surface area contributed by atoms with Crippen LogP contribution in [0.5, 0.6) is 0 Å². The Labute approximate surface area is 269 Å². The molecule has 6 rings (SSSR count). The number of amides is 1. The Hall–Kier alpha value is -3.93. The standard InChI is InChI=1S/C32H38F3N9OS/c1-20-21(4-5-27-25(20)14-23(17-36)44(27)13-12-43-11-10-41(3)28(45)19-43)18-42-8-6-22(7-9-42)38-29-26-15-24(16-32(33,34)35)46-30(26)40-31(37-2)39-29/h4-5,14-15,22H,6-13,16,18-19H2,1-3H3,(H2,37,38,39,40). The lowest BCUT2D eigenvalue weighted by atomic mass is 10.0. The predicted octanol–water partition coefficient (Wildman–Crippen LogP) is 4.82. The van der Waals surface area contributed by atoms with Gasteiger partial charge in [-0.05, 0) is 49.1 Å². The number of alkyl halides is 3. The highest BCUT2D eigenvalue weighted by Gasteiger charge is 2.30. The fourth-order valence-electron chi connectivity index (χ4n) is 6.41. The van der Waals surface area contributed by atoms with Crippen molar-refractivity contribution >= 4 is 50.1 Å². The first-order chi connectivity index (χ1) is 22.0. The van der Waals surface area contributed by atoms with Gasteiger partial charge in [-0.25, -0.2) is 4.98 Å². The summed E-state index contributed by atoms with van der Waals surface area (Å²) in [6.07, 6.45) is -3.53. The third kappa shape index (κ3) is 6.91. The number of nitrogens with zero attached hydrogens (tertiary/aromatic N) is 7. The first kappa shape index (κ1) is 32.0. The Morgan fingerprint density at radius 2 is 1.85 bits per heavy atom. The Bertz CT molecular complexity index is 1790. The second-order valence-corrected chi connectivity index (χ2v) is 13.3. The number of hydrogen-bond donors (Lipinski definition) is 2. The van der Waals surface area contributed by atoms with Crippen LogP contribution in [-0.2, 0) is 24.3 Å². The van der Waals surface area contributed by atoms with E-state index in [9.17, 15) is 23.2 Å². The summed E-state index contributed by atoms with van der Waals surface area (Å²) in [6, 6.07) is 10.3. The average Bonchev–Trinajstić information content (AvgIpc) is 3.59. The van der Waals surface area contributed by atoms with Crippen LogP contribution in [0.3, 0.4) is 0 Å². The number of halogens is 3. The normalized spacial score (nSPS) is 17.2. The van der Waals surface area contributed by atoms with Crippen LogP contribution in [0.2, 0.25) is 0 Å². The topological polar surface area (TPSA) is 105 Å². The average molecular weight is 654 g/mol. The highest BCUT2D eigenvalue weighted by atomic mass is 32.1. The van der Waals surface area contributed by atoms with Crippen LogP contribution in [0.25, 0.3) is 21.1 Å². The van der Waals surface area contributed by atoms with Crippen molar-refractivity contribution < 1.29 is 18.0 Å². The maximum absolute atomic E-state index is 13.0. The number of thiophene rings is 1. The summed E-state index contributed by atoms with van der Waals surface area (Å²) < 4.78 is 41.2. The van der Waals surface area contributed by atoms with E-state index in [-0.39, 0.29) is 16.8 Å². The summed E-state index contributed by atoms with van der Waals surface area (Å²) in [6.45, 7) is 7.93. The molecule has 1 amide bonds. The summed E-state index contributed by atoms with van der Waals surface area (Å²) in [7, 11) is 3.52. The van der Waals surface area contributed by atoms with Gasteiger partial charge in [-0.3, -0.25) is 14.6 Å². The van der Waals surface area contributed by atoms with Crippen LogP contribution in [0.4, 0.5) is 24.9 Å². The van der Waals surface area contributed by atoms with Crippen molar-refractivity contribution in [2.45, 2.75) is 51.5 Å². The fraction of sp³-hybridized carbons (Fsp3) is 0.500. The molecule has 2 N–H and O–H groups in total. The molecule has 1 aromatic carbocycles. The van der Waals surface area contributed by atoms with Crippen LogP contribution >= 0.6 is 11.3 Å². The van der Waals surface area contributed by atoms with Gasteiger partial charge in [-0.2, -0.15) is 23.4 Å². The van der Waals surface area contributed by atoms with Crippen LogP contribution < -0.4 is 10.6 Å². The minimum Gasteiger partial charge on any atom is -0.367 e. The minimum atomic E-state index is -4.28. The molecule has 0 saturated carbocycles. The van der Waals surface area contributed by atoms with E-state index in [4.69, 9.17) is 0 Å². The van der Waals surface area contributed by atoms with E-state index >= 15 is 0 Å². The first-order valence-corrected chi connectivity index (χ1v) is 16.3. The Morgan fingerprint density at radius 3 is 2.54 bits per heavy atom. The van der Waals surface area contributed by atoms with Crippen molar-refractivity contribution in [2.75, 3.05) is 64.0 Å². The lowest BCUT2D eigenvalue weighted by Gasteiger charge is -2.33. The molecule has 2 saturated heterocycles. The molecule has 0 atom stereocenters. The number of aromatic nitrogens is 3. The van der Waals surface area contributed by atoms with Gasteiger partial charge in [0.2, 0.25) is 11.9 Å². The maximum atomic E-state index is 13.0. The SMILES string of the molecule is CNc1nc(NC2CCN(Cc3ccc4c(cc(C#N)n4CCN4CCN(C)C(=O)C4)c3C)CC2)c2cc(CC(F)(F)F)sc2n1. The monoisotopic (exact) mass is 653 g/mol. The molecule has 0 aliphatic carbocycles. The van der Waals surface area contributed by atoms with Gasteiger partial charge in [-0.15, -0.1) is 11.3 Å². The van der Waals surface area contributed by atoms with Gasteiger partial charge in [0.15, 0.2) is 0 Å². The molecule has 5 heterocycles. The number of nitriles is 1. The molecule has 244 valence electrons. The van der Waals surface area contributed by atoms with Gasteiger partial charge in [0.25, 0.3) is 0 Å². The molecule has 10 nitrogen and oxygen atoms in total. The summed E-state index contributed by atoms with van der Waals surface area (Å²) in [5.74, 6) is 1.07. The smallest absolute Gasteiger partial charge is 0.367 e. The number of nitrogens with one attached hydrogen (secondary N) is 2. The molecule has 2 fully saturated rings. The van der Waals surface area contributed by atoms with E-state index in [2.05, 4.69) is 60.1 Å². The molecule has 0 unspecified atom stereocenters. The summed E-state index contributed by atoms with van der Waals surface area (Å²) in [4.78, 5) is 28.1. The maximum Gasteiger partial charge on any atom is 0.393 e. The summed E-state index contributed by atoms with van der Waals surface area (Å²) in [5.41, 5.74) is 4.04. The van der Waals surface area contributed by atoms with Crippen molar-refractivity contribution in [3.05, 3.63) is 46.0 Å². The number of hydrogen-bond acceptors (Lipinski definition) is 9. The van der Waals surface area contributed by atoms with Crippen molar-refractivity contribution in [1.29, 1.82) is 5.26 Å². The number of carbonyl (C=O) groups is 1. The van der Waals surface area contributed by atoms with Crippen LogP contribution in [0, 0.1) is 18.3 Å². The molecule has 0 radical (unpaired) electrons. The number of piperazine rings is 1. The number of fused-ring (bicyclic) bond motifs is 2. The summed E-state index contributed by atoms with van der Waals surface area (Å²) in [5, 5.41) is 18.0. The van der Waals surface area contributed by atoms with E-state index in [1.54, 1.807) is 18.0 Å². The van der Waals surface area contributed by atoms with E-state index < -0.39 is 12.6 Å². The highest BCUT2D eigenvalue weighted by molar-refractivity contribution is 7.18. The van der Waals surface area contributed by atoms with Gasteiger partial charge in [0, 0.05) is 81.7 Å². The fourth-order valence-corrected chi connectivity index (χ4v) is 7.47. The zero-order valence-electron chi connectivity index (χ0n) is 26.2. The molecular weight excluding hydrogens is 615 g/mol. The predicted molar refractivity (Wildman–Crippen MR) is 174 cm³/mol. The van der Waals surface area contributed by atoms with Gasteiger partial charge in [0.05, 0.1) is 18.4 Å². The largest absolute Gasteiger partial charge is 0.393 e. The van der Waals surface area contributed by atoms with Crippen molar-refractivity contribution in [2.24, 2.45) is 0 Å². The molecule has 4 aromatic rings. The number of anilines is 2. The lowest BCUT2D eigenvalue weighted by Crippen LogP contribution is -2.49. The van der Waals surface area contributed by atoms with E-state index in [1.807, 2.05) is 13.1 Å². The van der Waals surface area contributed by atoms with Crippen molar-refractivity contribution in [1.82, 2.24) is 29.2 Å². The number of aryl methyl sites for hydroxylation is 1. The van der Waals surface area contributed by atoms with Gasteiger partial charge >= 0.3 is 6.18 Å². The molecular formula is C32H38F3N9OS. The van der Waals surface area contributed by atoms with Gasteiger partial charge < -0.3 is 20.1 Å². The number of benzene rings is 1. The molecule has 46 heavy (non-hydrogen) atoms. The molecule has 2 aliphatic rings. The van der Waals surface area contributed by atoms with Crippen LogP contribution in [-0.4, -0.2) is 101 Å². The Balaban J connectivity index is 1.10. The highest BCUT2D eigenvalue weighted by Crippen LogP contribution is 2.35. The Morgan fingerprint density at radius 1 is 1.07 bits per heavy atom. The number of rotatable bonds is 9. The molecule has 2 aliphatic heterocycles. The lowest BCUT2D eigenvalue weighted by molar-refractivity contribution is -0.134. The zero-order valence-corrected chi connectivity index (χ0v) is 27.1. The number of carbonyl (C=O) groups excluding carboxylic acids is 1. The first-order valence-electron chi connectivity index (χ1n) is 15.5. The quantitative estimate of drug-likeness (QED) is 0.265. The van der Waals surface area contributed by atoms with Gasteiger partial charge in [-0.1, -0.05) is 6.07 Å². The minimum absolute atomic E-state index is 0.125. The molecule has 0 spiro atoms. The van der Waals surface area contributed by atoms with E-state index in [0.717, 1.165) is 66.8 Å². The summed E-state index contributed by atoms with van der Waals surface area (Å²) >= 11 is 1.05. The molecule has 0 bridgehead atoms. The second-order valence-electron chi connectivity index (χ2n) is 12.2. The molecule has 14 heteroatoms. The number of piperidine rings is 1. The second kappa shape index (κ2) is 13.1. The Kier molecular flexibility index (Phi) is 9.09. The van der Waals surface area contributed by atoms with Crippen LogP contribution in [0.1, 0.15) is 34.5 Å². The van der Waals surface area contributed by atoms with E-state index in [1.165, 1.54) is 5.56 Å². The number of likely N-dealkylation sites (tertiary alicyclic amines) is 1. The number of likely N-dealkylation sites (N-methyl/N-ethyl adjacent to an activating group) is 1. The van der Waals surface area contributed by atoms with Crippen molar-refractivity contribution in [3.63, 3.8) is 0 Å².